The summed E-state index contributed by atoms with van der Waals surface area (Å²) in [6, 6.07) is 10.0. The number of carbonyl (C=O) groups excluding carboxylic acids is 2. The number of rotatable bonds is 2. The van der Waals surface area contributed by atoms with E-state index in [0.717, 1.165) is 16.7 Å². The van der Waals surface area contributed by atoms with Crippen LogP contribution in [0.1, 0.15) is 5.76 Å². The first-order valence-electron chi connectivity index (χ1n) is 5.83. The maximum Gasteiger partial charge on any atom is 0.298 e. The smallest absolute Gasteiger partial charge is 0.298 e. The minimum atomic E-state index is -0.389. The molecule has 1 aliphatic heterocycles. The number of imide groups is 1. The fraction of sp³-hybridized carbons (Fsp3) is 0. The molecule has 0 N–H and O–H groups in total. The highest BCUT2D eigenvalue weighted by molar-refractivity contribution is 9.10. The minimum Gasteiger partial charge on any atom is -0.450 e. The van der Waals surface area contributed by atoms with Gasteiger partial charge in [0.1, 0.15) is 5.76 Å². The van der Waals surface area contributed by atoms with E-state index in [1.54, 1.807) is 42.5 Å². The third kappa shape index (κ3) is 2.92. The molecule has 7 heteroatoms. The zero-order valence-electron chi connectivity index (χ0n) is 10.4. The molecule has 21 heavy (non-hydrogen) atoms. The van der Waals surface area contributed by atoms with Crippen molar-refractivity contribution in [3.05, 3.63) is 56.8 Å². The average Bonchev–Trinajstić information content (AvgIpc) is 2.94. The van der Waals surface area contributed by atoms with Crippen molar-refractivity contribution in [2.75, 3.05) is 4.90 Å². The molecule has 0 unspecified atom stereocenters. The van der Waals surface area contributed by atoms with Gasteiger partial charge in [0, 0.05) is 11.1 Å². The Morgan fingerprint density at radius 1 is 1.24 bits per heavy atom. The number of nitrogens with zero attached hydrogens (tertiary/aromatic N) is 1. The fourth-order valence-corrected chi connectivity index (χ4v) is 3.17. The molecule has 2 amide bonds. The third-order valence-corrected chi connectivity index (χ3v) is 4.26. The second-order valence-corrected chi connectivity index (χ2v) is 6.35. The van der Waals surface area contributed by atoms with Gasteiger partial charge in [-0.2, -0.15) is 0 Å². The van der Waals surface area contributed by atoms with Gasteiger partial charge in [-0.25, -0.2) is 4.90 Å². The van der Waals surface area contributed by atoms with E-state index in [2.05, 4.69) is 15.9 Å². The van der Waals surface area contributed by atoms with E-state index >= 15 is 0 Å². The minimum absolute atomic E-state index is 0.307. The van der Waals surface area contributed by atoms with Gasteiger partial charge >= 0.3 is 0 Å². The molecule has 0 radical (unpaired) electrons. The fourth-order valence-electron chi connectivity index (χ4n) is 1.84. The molecule has 1 aromatic heterocycles. The highest BCUT2D eigenvalue weighted by atomic mass is 79.9. The van der Waals surface area contributed by atoms with Crippen molar-refractivity contribution in [1.29, 1.82) is 0 Å². The van der Waals surface area contributed by atoms with E-state index in [9.17, 15) is 9.59 Å². The number of anilines is 1. The van der Waals surface area contributed by atoms with E-state index < -0.39 is 0 Å². The van der Waals surface area contributed by atoms with E-state index in [0.29, 0.717) is 26.0 Å². The van der Waals surface area contributed by atoms with Crippen molar-refractivity contribution in [2.45, 2.75) is 0 Å². The maximum absolute atomic E-state index is 12.4. The van der Waals surface area contributed by atoms with E-state index in [-0.39, 0.29) is 11.1 Å². The van der Waals surface area contributed by atoms with Gasteiger partial charge in [0.25, 0.3) is 11.1 Å². The molecule has 0 saturated carbocycles. The Morgan fingerprint density at radius 2 is 2.05 bits per heavy atom. The molecule has 0 spiro atoms. The van der Waals surface area contributed by atoms with Gasteiger partial charge in [-0.3, -0.25) is 9.59 Å². The molecule has 0 atom stereocenters. The van der Waals surface area contributed by atoms with Crippen molar-refractivity contribution < 1.29 is 14.0 Å². The lowest BCUT2D eigenvalue weighted by Crippen LogP contribution is -2.27. The van der Waals surface area contributed by atoms with Crippen LogP contribution in [-0.4, -0.2) is 11.1 Å². The Hall–Kier alpha value is -1.50. The number of halogens is 2. The van der Waals surface area contributed by atoms with Crippen molar-refractivity contribution in [1.82, 2.24) is 0 Å². The average molecular weight is 385 g/mol. The summed E-state index contributed by atoms with van der Waals surface area (Å²) in [5.41, 5.74) is 0.453. The van der Waals surface area contributed by atoms with Gasteiger partial charge in [0.2, 0.25) is 0 Å². The van der Waals surface area contributed by atoms with Crippen molar-refractivity contribution >= 4 is 62.2 Å². The van der Waals surface area contributed by atoms with Gasteiger partial charge in [0.05, 0.1) is 10.6 Å². The number of hydrogen-bond acceptors (Lipinski definition) is 4. The van der Waals surface area contributed by atoms with Gasteiger partial charge in [0.15, 0.2) is 4.67 Å². The summed E-state index contributed by atoms with van der Waals surface area (Å²) in [6.45, 7) is 0. The summed E-state index contributed by atoms with van der Waals surface area (Å²) in [5.74, 6) is 0.109. The molecule has 0 aliphatic carbocycles. The molecule has 1 saturated heterocycles. The van der Waals surface area contributed by atoms with Gasteiger partial charge in [-0.05, 0) is 58.0 Å². The lowest BCUT2D eigenvalue weighted by atomic mass is 10.3. The Bertz CT molecular complexity index is 771. The van der Waals surface area contributed by atoms with Crippen LogP contribution in [0.5, 0.6) is 0 Å². The number of amides is 2. The van der Waals surface area contributed by atoms with Crippen molar-refractivity contribution in [3.63, 3.8) is 0 Å². The Morgan fingerprint density at radius 3 is 2.71 bits per heavy atom. The molecule has 0 bridgehead atoms. The summed E-state index contributed by atoms with van der Waals surface area (Å²) in [4.78, 5) is 25.8. The number of thioether (sulfide) groups is 1. The molecule has 106 valence electrons. The first-order valence-corrected chi connectivity index (χ1v) is 7.82. The van der Waals surface area contributed by atoms with Crippen LogP contribution in [-0.2, 0) is 4.79 Å². The highest BCUT2D eigenvalue weighted by Gasteiger charge is 2.36. The second-order valence-electron chi connectivity index (χ2n) is 4.14. The monoisotopic (exact) mass is 383 g/mol. The van der Waals surface area contributed by atoms with Crippen LogP contribution in [0.25, 0.3) is 6.08 Å². The summed E-state index contributed by atoms with van der Waals surface area (Å²) in [7, 11) is 0. The first-order chi connectivity index (χ1) is 10.0. The van der Waals surface area contributed by atoms with Crippen LogP contribution < -0.4 is 4.90 Å². The van der Waals surface area contributed by atoms with Crippen LogP contribution in [0, 0.1) is 0 Å². The van der Waals surface area contributed by atoms with Crippen molar-refractivity contribution in [2.24, 2.45) is 0 Å². The quantitative estimate of drug-likeness (QED) is 0.688. The maximum atomic E-state index is 12.4. The highest BCUT2D eigenvalue weighted by Crippen LogP contribution is 2.36. The van der Waals surface area contributed by atoms with Gasteiger partial charge < -0.3 is 4.42 Å². The lowest BCUT2D eigenvalue weighted by molar-refractivity contribution is -0.113. The van der Waals surface area contributed by atoms with Crippen LogP contribution >= 0.6 is 39.3 Å². The number of hydrogen-bond donors (Lipinski definition) is 0. The Balaban J connectivity index is 1.94. The molecular weight excluding hydrogens is 378 g/mol. The molecular formula is C14H7BrClNO3S. The normalized spacial score (nSPS) is 17.0. The number of benzene rings is 1. The molecule has 1 aromatic carbocycles. The zero-order chi connectivity index (χ0) is 15.0. The standard InChI is InChI=1S/C14H7BrClNO3S/c15-12-5-4-10(20-12)7-11-13(18)17(14(19)21-11)9-3-1-2-8(16)6-9/h1-7H/b11-7-. The second kappa shape index (κ2) is 5.71. The largest absolute Gasteiger partial charge is 0.450 e. The van der Waals surface area contributed by atoms with Crippen LogP contribution in [0.2, 0.25) is 5.02 Å². The summed E-state index contributed by atoms with van der Waals surface area (Å²) in [5, 5.41) is 0.102. The molecule has 4 nitrogen and oxygen atoms in total. The lowest BCUT2D eigenvalue weighted by Gasteiger charge is -2.12. The predicted octanol–water partition coefficient (Wildman–Crippen LogP) is 4.94. The molecule has 2 heterocycles. The zero-order valence-corrected chi connectivity index (χ0v) is 13.5. The summed E-state index contributed by atoms with van der Waals surface area (Å²) < 4.78 is 5.87. The Kier molecular flexibility index (Phi) is 3.93. The van der Waals surface area contributed by atoms with E-state index in [1.165, 1.54) is 0 Å². The molecule has 3 rings (SSSR count). The molecule has 1 aliphatic rings. The van der Waals surface area contributed by atoms with Crippen molar-refractivity contribution in [3.8, 4) is 0 Å². The number of furan rings is 1. The van der Waals surface area contributed by atoms with E-state index in [4.69, 9.17) is 16.0 Å². The molecule has 1 fully saturated rings. The molecule has 2 aromatic rings. The summed E-state index contributed by atoms with van der Waals surface area (Å²) >= 11 is 9.95. The van der Waals surface area contributed by atoms with Crippen LogP contribution in [0.15, 0.2) is 50.4 Å². The summed E-state index contributed by atoms with van der Waals surface area (Å²) in [6.07, 6.45) is 1.54. The van der Waals surface area contributed by atoms with Crippen LogP contribution in [0.3, 0.4) is 0 Å². The van der Waals surface area contributed by atoms with Gasteiger partial charge in [-0.1, -0.05) is 17.7 Å². The van der Waals surface area contributed by atoms with E-state index in [1.807, 2.05) is 0 Å². The Labute approximate surface area is 137 Å². The first kappa shape index (κ1) is 14.4. The third-order valence-electron chi connectivity index (χ3n) is 2.73. The topological polar surface area (TPSA) is 50.5 Å². The van der Waals surface area contributed by atoms with Gasteiger partial charge in [-0.15, -0.1) is 0 Å². The SMILES string of the molecule is O=C1S/C(=C\c2ccc(Br)o2)C(=O)N1c1cccc(Cl)c1. The predicted molar refractivity (Wildman–Crippen MR) is 86.3 cm³/mol. The van der Waals surface area contributed by atoms with Crippen LogP contribution in [0.4, 0.5) is 10.5 Å². The number of carbonyl (C=O) groups is 2.